The molecular formula is C11H15BrN2O2. The third-order valence-electron chi connectivity index (χ3n) is 3.18. The lowest BCUT2D eigenvalue weighted by atomic mass is 10.0. The molecule has 1 heterocycles. The van der Waals surface area contributed by atoms with Crippen molar-refractivity contribution < 1.29 is 9.90 Å². The summed E-state index contributed by atoms with van der Waals surface area (Å²) in [5.41, 5.74) is 1.21. The van der Waals surface area contributed by atoms with Gasteiger partial charge in [-0.2, -0.15) is 5.10 Å². The quantitative estimate of drug-likeness (QED) is 0.929. The van der Waals surface area contributed by atoms with Gasteiger partial charge in [0, 0.05) is 12.5 Å². The van der Waals surface area contributed by atoms with E-state index in [2.05, 4.69) is 21.0 Å². The molecule has 0 saturated heterocycles. The van der Waals surface area contributed by atoms with Gasteiger partial charge in [-0.05, 0) is 35.7 Å². The zero-order valence-electron chi connectivity index (χ0n) is 9.24. The fourth-order valence-corrected chi connectivity index (χ4v) is 3.20. The van der Waals surface area contributed by atoms with Crippen LogP contribution >= 0.6 is 15.9 Å². The Morgan fingerprint density at radius 1 is 1.56 bits per heavy atom. The normalized spacial score (nSPS) is 16.9. The number of hydrogen-bond donors (Lipinski definition) is 1. The predicted molar refractivity (Wildman–Crippen MR) is 63.8 cm³/mol. The zero-order valence-corrected chi connectivity index (χ0v) is 10.8. The van der Waals surface area contributed by atoms with Crippen LogP contribution in [-0.4, -0.2) is 20.9 Å². The summed E-state index contributed by atoms with van der Waals surface area (Å²) in [5.74, 6) is -0.492. The molecule has 0 spiro atoms. The van der Waals surface area contributed by atoms with Crippen LogP contribution in [0.4, 0.5) is 0 Å². The van der Waals surface area contributed by atoms with E-state index in [1.54, 1.807) is 0 Å². The van der Waals surface area contributed by atoms with Crippen LogP contribution in [0.25, 0.3) is 0 Å². The highest BCUT2D eigenvalue weighted by molar-refractivity contribution is 9.10. The zero-order chi connectivity index (χ0) is 11.7. The molecule has 1 fully saturated rings. The highest BCUT2D eigenvalue weighted by Crippen LogP contribution is 2.38. The van der Waals surface area contributed by atoms with Crippen LogP contribution in [0.1, 0.15) is 54.7 Å². The van der Waals surface area contributed by atoms with Gasteiger partial charge in [0.2, 0.25) is 0 Å². The molecule has 0 radical (unpaired) electrons. The maximum atomic E-state index is 11.0. The van der Waals surface area contributed by atoms with E-state index in [1.165, 1.54) is 12.8 Å². The summed E-state index contributed by atoms with van der Waals surface area (Å²) >= 11 is 3.39. The van der Waals surface area contributed by atoms with E-state index >= 15 is 0 Å². The lowest BCUT2D eigenvalue weighted by Crippen LogP contribution is -2.06. The summed E-state index contributed by atoms with van der Waals surface area (Å²) in [6, 6.07) is 0. The van der Waals surface area contributed by atoms with Crippen LogP contribution in [-0.2, 0) is 6.54 Å². The van der Waals surface area contributed by atoms with E-state index in [1.807, 2.05) is 11.6 Å². The Labute approximate surface area is 103 Å². The Morgan fingerprint density at radius 2 is 2.19 bits per heavy atom. The molecule has 1 aliphatic rings. The summed E-state index contributed by atoms with van der Waals surface area (Å²) in [6.07, 6.45) is 4.75. The Morgan fingerprint density at radius 3 is 2.69 bits per heavy atom. The third kappa shape index (κ3) is 1.88. The molecule has 16 heavy (non-hydrogen) atoms. The fraction of sp³-hybridized carbons (Fsp3) is 0.636. The van der Waals surface area contributed by atoms with Crippen molar-refractivity contribution >= 4 is 21.9 Å². The second-order valence-corrected chi connectivity index (χ2v) is 4.94. The number of aryl methyl sites for hydroxylation is 1. The molecule has 88 valence electrons. The fourth-order valence-electron chi connectivity index (χ4n) is 2.42. The number of aromatic carboxylic acids is 1. The molecule has 2 rings (SSSR count). The number of rotatable bonds is 3. The van der Waals surface area contributed by atoms with Crippen LogP contribution in [0.5, 0.6) is 0 Å². The molecule has 0 bridgehead atoms. The van der Waals surface area contributed by atoms with E-state index < -0.39 is 5.97 Å². The van der Waals surface area contributed by atoms with E-state index in [0.29, 0.717) is 10.4 Å². The second kappa shape index (κ2) is 4.57. The predicted octanol–water partition coefficient (Wildman–Crippen LogP) is 3.02. The van der Waals surface area contributed by atoms with E-state index in [9.17, 15) is 4.79 Å². The van der Waals surface area contributed by atoms with Crippen LogP contribution < -0.4 is 0 Å². The second-order valence-electron chi connectivity index (χ2n) is 4.15. The smallest absolute Gasteiger partial charge is 0.357 e. The highest BCUT2D eigenvalue weighted by atomic mass is 79.9. The minimum atomic E-state index is -0.960. The van der Waals surface area contributed by atoms with Crippen LogP contribution in [0.2, 0.25) is 0 Å². The average molecular weight is 287 g/mol. The molecule has 5 heteroatoms. The van der Waals surface area contributed by atoms with Crippen LogP contribution in [0.15, 0.2) is 4.47 Å². The summed E-state index contributed by atoms with van der Waals surface area (Å²) < 4.78 is 2.50. The van der Waals surface area contributed by atoms with Gasteiger partial charge in [0.05, 0.1) is 10.2 Å². The van der Waals surface area contributed by atoms with Crippen molar-refractivity contribution in [2.24, 2.45) is 0 Å². The van der Waals surface area contributed by atoms with Gasteiger partial charge in [0.1, 0.15) is 0 Å². The molecule has 0 aromatic carbocycles. The summed E-state index contributed by atoms with van der Waals surface area (Å²) in [4.78, 5) is 11.0. The van der Waals surface area contributed by atoms with Gasteiger partial charge in [0.15, 0.2) is 5.69 Å². The molecule has 1 aromatic heterocycles. The monoisotopic (exact) mass is 286 g/mol. The molecule has 1 aromatic rings. The lowest BCUT2D eigenvalue weighted by molar-refractivity contribution is 0.0688. The van der Waals surface area contributed by atoms with Crippen LogP contribution in [0, 0.1) is 0 Å². The van der Waals surface area contributed by atoms with Gasteiger partial charge in [-0.15, -0.1) is 0 Å². The molecule has 1 N–H and O–H groups in total. The van der Waals surface area contributed by atoms with E-state index in [0.717, 1.165) is 25.1 Å². The average Bonchev–Trinajstić information content (AvgIpc) is 2.83. The minimum Gasteiger partial charge on any atom is -0.476 e. The number of carboxylic acid groups (broad SMARTS) is 1. The van der Waals surface area contributed by atoms with Gasteiger partial charge in [-0.25, -0.2) is 4.79 Å². The minimum absolute atomic E-state index is 0.142. The van der Waals surface area contributed by atoms with E-state index in [4.69, 9.17) is 5.11 Å². The number of aromatic nitrogens is 2. The standard InChI is InChI=1S/C11H15BrN2O2/c1-2-14-10(7-5-3-4-6-7)8(12)9(13-14)11(15)16/h7H,2-6H2,1H3,(H,15,16). The van der Waals surface area contributed by atoms with Crippen LogP contribution in [0.3, 0.4) is 0 Å². The SMILES string of the molecule is CCn1nc(C(=O)O)c(Br)c1C1CCCC1. The molecule has 0 aliphatic heterocycles. The molecule has 0 unspecified atom stereocenters. The Balaban J connectivity index is 2.45. The van der Waals surface area contributed by atoms with Gasteiger partial charge < -0.3 is 5.11 Å². The summed E-state index contributed by atoms with van der Waals surface area (Å²) in [6.45, 7) is 2.71. The topological polar surface area (TPSA) is 55.1 Å². The first kappa shape index (κ1) is 11.6. The summed E-state index contributed by atoms with van der Waals surface area (Å²) in [7, 11) is 0. The third-order valence-corrected chi connectivity index (χ3v) is 3.96. The van der Waals surface area contributed by atoms with Crippen molar-refractivity contribution in [2.45, 2.75) is 45.1 Å². The number of nitrogens with zero attached hydrogens (tertiary/aromatic N) is 2. The maximum Gasteiger partial charge on any atom is 0.357 e. The largest absolute Gasteiger partial charge is 0.476 e. The molecule has 0 amide bonds. The number of carbonyl (C=O) groups is 1. The molecule has 1 saturated carbocycles. The Bertz CT molecular complexity index is 408. The number of hydrogen-bond acceptors (Lipinski definition) is 2. The number of carboxylic acids is 1. The summed E-state index contributed by atoms with van der Waals surface area (Å²) in [5, 5.41) is 13.2. The first-order valence-electron chi connectivity index (χ1n) is 5.64. The first-order valence-corrected chi connectivity index (χ1v) is 6.44. The van der Waals surface area contributed by atoms with Gasteiger partial charge in [-0.3, -0.25) is 4.68 Å². The van der Waals surface area contributed by atoms with Crippen molar-refractivity contribution in [3.63, 3.8) is 0 Å². The molecule has 0 atom stereocenters. The van der Waals surface area contributed by atoms with Gasteiger partial charge in [0.25, 0.3) is 0 Å². The van der Waals surface area contributed by atoms with Crippen molar-refractivity contribution in [1.29, 1.82) is 0 Å². The van der Waals surface area contributed by atoms with E-state index in [-0.39, 0.29) is 5.69 Å². The van der Waals surface area contributed by atoms with Crippen molar-refractivity contribution in [3.8, 4) is 0 Å². The first-order chi connectivity index (χ1) is 7.65. The highest BCUT2D eigenvalue weighted by Gasteiger charge is 2.27. The van der Waals surface area contributed by atoms with Crippen molar-refractivity contribution in [3.05, 3.63) is 15.9 Å². The number of halogens is 1. The molecule has 1 aliphatic carbocycles. The Kier molecular flexibility index (Phi) is 3.33. The Hall–Kier alpha value is -0.840. The van der Waals surface area contributed by atoms with Gasteiger partial charge >= 0.3 is 5.97 Å². The molecule has 4 nitrogen and oxygen atoms in total. The van der Waals surface area contributed by atoms with Crippen molar-refractivity contribution in [2.75, 3.05) is 0 Å². The maximum absolute atomic E-state index is 11.0. The molecular weight excluding hydrogens is 272 g/mol. The lowest BCUT2D eigenvalue weighted by Gasteiger charge is -2.11. The van der Waals surface area contributed by atoms with Crippen molar-refractivity contribution in [1.82, 2.24) is 9.78 Å². The van der Waals surface area contributed by atoms with Gasteiger partial charge in [-0.1, -0.05) is 12.8 Å².